The molecule has 1 aliphatic heterocycles. The lowest BCUT2D eigenvalue weighted by molar-refractivity contribution is 0.441. The molecular weight excluding hydrogens is 388 g/mol. The number of nitrogen functional groups attached to an aromatic ring is 2. The smallest absolute Gasteiger partial charge is 0.228 e. The number of thioether (sulfide) groups is 2. The molecule has 28 heavy (non-hydrogen) atoms. The van der Waals surface area contributed by atoms with E-state index in [4.69, 9.17) is 16.2 Å². The number of nitriles is 1. The molecule has 0 fully saturated rings. The topological polar surface area (TPSA) is 98.0 Å². The second-order valence-electron chi connectivity index (χ2n) is 6.43. The van der Waals surface area contributed by atoms with Gasteiger partial charge in [-0.1, -0.05) is 17.7 Å². The normalized spacial score (nSPS) is 14.5. The Hall–Kier alpha value is -2.82. The molecule has 1 aliphatic rings. The maximum absolute atomic E-state index is 9.47. The predicted octanol–water partition coefficient (Wildman–Crippen LogP) is 5.14. The van der Waals surface area contributed by atoms with Crippen LogP contribution in [0.1, 0.15) is 27.5 Å². The van der Waals surface area contributed by atoms with E-state index in [1.807, 2.05) is 19.1 Å². The van der Waals surface area contributed by atoms with Crippen molar-refractivity contribution in [2.45, 2.75) is 22.0 Å². The van der Waals surface area contributed by atoms with Crippen LogP contribution in [0.4, 0.5) is 11.5 Å². The van der Waals surface area contributed by atoms with Gasteiger partial charge in [-0.05, 0) is 43.5 Å². The first kappa shape index (κ1) is 18.5. The highest BCUT2D eigenvalue weighted by atomic mass is 32.2. The Morgan fingerprint density at radius 1 is 1.11 bits per heavy atom. The van der Waals surface area contributed by atoms with Crippen molar-refractivity contribution in [2.24, 2.45) is 0 Å². The highest BCUT2D eigenvalue weighted by Crippen LogP contribution is 2.54. The molecule has 1 atom stereocenters. The van der Waals surface area contributed by atoms with Crippen LogP contribution in [0.15, 0.2) is 52.3 Å². The number of rotatable bonds is 3. The minimum absolute atomic E-state index is 0.0855. The van der Waals surface area contributed by atoms with Gasteiger partial charge in [0.15, 0.2) is 0 Å². The van der Waals surface area contributed by atoms with Crippen LogP contribution in [0.3, 0.4) is 0 Å². The summed E-state index contributed by atoms with van der Waals surface area (Å²) in [5.41, 5.74) is 15.6. The fraction of sp³-hybridized carbons (Fsp3) is 0.143. The van der Waals surface area contributed by atoms with Gasteiger partial charge in [-0.25, -0.2) is 0 Å². The number of fused-ring (bicyclic) bond motifs is 2. The molecule has 0 saturated heterocycles. The van der Waals surface area contributed by atoms with Gasteiger partial charge in [0, 0.05) is 15.4 Å². The molecule has 5 nitrogen and oxygen atoms in total. The number of hydrogen-bond donors (Lipinski definition) is 2. The molecule has 0 radical (unpaired) electrons. The summed E-state index contributed by atoms with van der Waals surface area (Å²) in [5, 5.41) is 9.32. The minimum atomic E-state index is -0.154. The number of benzene rings is 2. The fourth-order valence-corrected chi connectivity index (χ4v) is 4.83. The molecule has 0 amide bonds. The van der Waals surface area contributed by atoms with Gasteiger partial charge in [0.25, 0.3) is 0 Å². The summed E-state index contributed by atoms with van der Waals surface area (Å²) in [6, 6.07) is 16.5. The SMILES string of the molecule is CSc1ccc(SC2c3cc(C)ccc3Oc3nc(N)c(C#N)c(N)c32)cc1. The van der Waals surface area contributed by atoms with Crippen LogP contribution < -0.4 is 16.2 Å². The molecule has 0 saturated carbocycles. The van der Waals surface area contributed by atoms with Gasteiger partial charge >= 0.3 is 0 Å². The maximum atomic E-state index is 9.47. The third-order valence-electron chi connectivity index (χ3n) is 4.61. The van der Waals surface area contributed by atoms with E-state index in [0.29, 0.717) is 17.1 Å². The Balaban J connectivity index is 1.88. The summed E-state index contributed by atoms with van der Waals surface area (Å²) < 4.78 is 6.00. The lowest BCUT2D eigenvalue weighted by Gasteiger charge is -2.29. The van der Waals surface area contributed by atoms with Crippen molar-refractivity contribution in [3.8, 4) is 17.7 Å². The molecule has 0 bridgehead atoms. The maximum Gasteiger partial charge on any atom is 0.228 e. The lowest BCUT2D eigenvalue weighted by Crippen LogP contribution is -2.15. The van der Waals surface area contributed by atoms with Gasteiger partial charge in [0.05, 0.1) is 16.5 Å². The van der Waals surface area contributed by atoms with Gasteiger partial charge in [-0.2, -0.15) is 10.2 Å². The monoisotopic (exact) mass is 406 g/mol. The first-order valence-electron chi connectivity index (χ1n) is 8.60. The second kappa shape index (κ2) is 7.30. The summed E-state index contributed by atoms with van der Waals surface area (Å²) >= 11 is 3.36. The van der Waals surface area contributed by atoms with Crippen molar-refractivity contribution in [1.82, 2.24) is 4.98 Å². The molecule has 4 N–H and O–H groups in total. The molecule has 0 spiro atoms. The van der Waals surface area contributed by atoms with Crippen LogP contribution in [-0.4, -0.2) is 11.2 Å². The highest BCUT2D eigenvalue weighted by Gasteiger charge is 2.33. The number of anilines is 2. The van der Waals surface area contributed by atoms with Gasteiger partial charge in [-0.3, -0.25) is 0 Å². The Kier molecular flexibility index (Phi) is 4.84. The first-order chi connectivity index (χ1) is 13.5. The van der Waals surface area contributed by atoms with E-state index >= 15 is 0 Å². The average molecular weight is 407 g/mol. The summed E-state index contributed by atoms with van der Waals surface area (Å²) in [6.45, 7) is 2.04. The largest absolute Gasteiger partial charge is 0.438 e. The molecule has 1 aromatic heterocycles. The minimum Gasteiger partial charge on any atom is -0.438 e. The van der Waals surface area contributed by atoms with Crippen molar-refractivity contribution >= 4 is 35.0 Å². The van der Waals surface area contributed by atoms with Crippen LogP contribution >= 0.6 is 23.5 Å². The van der Waals surface area contributed by atoms with Crippen LogP contribution in [0.5, 0.6) is 11.6 Å². The quantitative estimate of drug-likeness (QED) is 0.581. The van der Waals surface area contributed by atoms with Crippen molar-refractivity contribution in [1.29, 1.82) is 5.26 Å². The van der Waals surface area contributed by atoms with E-state index in [0.717, 1.165) is 21.8 Å². The van der Waals surface area contributed by atoms with E-state index in [2.05, 4.69) is 47.6 Å². The Labute approximate surface area is 172 Å². The number of aromatic nitrogens is 1. The standard InChI is InChI=1S/C21H18N4OS2/c1-11-3-8-16-14(9-11)19(28-13-6-4-12(27-2)5-7-13)17-18(23)15(10-22)20(24)25-21(17)26-16/h3-9,19H,1-2H3,(H4,23,24,25). The van der Waals surface area contributed by atoms with Crippen molar-refractivity contribution in [3.05, 3.63) is 64.7 Å². The molecular formula is C21H18N4OS2. The molecule has 2 heterocycles. The number of ether oxygens (including phenoxy) is 1. The fourth-order valence-electron chi connectivity index (χ4n) is 3.20. The van der Waals surface area contributed by atoms with Crippen molar-refractivity contribution in [3.63, 3.8) is 0 Å². The summed E-state index contributed by atoms with van der Waals surface area (Å²) in [4.78, 5) is 6.62. The number of pyridine rings is 1. The average Bonchev–Trinajstić information content (AvgIpc) is 2.69. The molecule has 0 aliphatic carbocycles. The van der Waals surface area contributed by atoms with E-state index in [-0.39, 0.29) is 16.6 Å². The van der Waals surface area contributed by atoms with E-state index in [1.54, 1.807) is 23.5 Å². The number of nitrogens with two attached hydrogens (primary N) is 2. The third-order valence-corrected chi connectivity index (χ3v) is 6.62. The van der Waals surface area contributed by atoms with Gasteiger partial charge in [0.1, 0.15) is 23.2 Å². The Morgan fingerprint density at radius 3 is 2.50 bits per heavy atom. The van der Waals surface area contributed by atoms with E-state index < -0.39 is 0 Å². The molecule has 3 aromatic rings. The number of aryl methyl sites for hydroxylation is 1. The third kappa shape index (κ3) is 3.15. The zero-order valence-corrected chi connectivity index (χ0v) is 17.0. The summed E-state index contributed by atoms with van der Waals surface area (Å²) in [7, 11) is 0. The molecule has 7 heteroatoms. The second-order valence-corrected chi connectivity index (χ2v) is 8.49. The zero-order chi connectivity index (χ0) is 19.8. The van der Waals surface area contributed by atoms with Gasteiger partial charge in [-0.15, -0.1) is 23.5 Å². The van der Waals surface area contributed by atoms with Crippen LogP contribution in [0.2, 0.25) is 0 Å². The van der Waals surface area contributed by atoms with Crippen LogP contribution in [0.25, 0.3) is 0 Å². The first-order valence-corrected chi connectivity index (χ1v) is 10.7. The summed E-state index contributed by atoms with van der Waals surface area (Å²) in [5.74, 6) is 1.18. The molecule has 2 aromatic carbocycles. The van der Waals surface area contributed by atoms with Gasteiger partial charge < -0.3 is 16.2 Å². The van der Waals surface area contributed by atoms with E-state index in [1.165, 1.54) is 4.90 Å². The van der Waals surface area contributed by atoms with Crippen molar-refractivity contribution in [2.75, 3.05) is 17.7 Å². The molecule has 140 valence electrons. The van der Waals surface area contributed by atoms with Crippen molar-refractivity contribution < 1.29 is 4.74 Å². The van der Waals surface area contributed by atoms with E-state index in [9.17, 15) is 5.26 Å². The van der Waals surface area contributed by atoms with Gasteiger partial charge in [0.2, 0.25) is 5.88 Å². The zero-order valence-electron chi connectivity index (χ0n) is 15.4. The number of nitrogens with zero attached hydrogens (tertiary/aromatic N) is 2. The van der Waals surface area contributed by atoms with Crippen LogP contribution in [0, 0.1) is 18.3 Å². The summed E-state index contributed by atoms with van der Waals surface area (Å²) in [6.07, 6.45) is 2.05. The molecule has 4 rings (SSSR count). The Morgan fingerprint density at radius 2 is 1.82 bits per heavy atom. The lowest BCUT2D eigenvalue weighted by atomic mass is 9.97. The highest BCUT2D eigenvalue weighted by molar-refractivity contribution is 8.00. The number of hydrogen-bond acceptors (Lipinski definition) is 7. The molecule has 1 unspecified atom stereocenters. The Bertz CT molecular complexity index is 1110. The predicted molar refractivity (Wildman–Crippen MR) is 115 cm³/mol. The van der Waals surface area contributed by atoms with Crippen LogP contribution in [-0.2, 0) is 0 Å².